The van der Waals surface area contributed by atoms with Gasteiger partial charge in [-0.05, 0) is 44.3 Å². The van der Waals surface area contributed by atoms with Crippen molar-refractivity contribution in [1.29, 1.82) is 0 Å². The molecule has 4 rings (SSSR count). The predicted molar refractivity (Wildman–Crippen MR) is 115 cm³/mol. The lowest BCUT2D eigenvalue weighted by Crippen LogP contribution is -2.39. The maximum absolute atomic E-state index is 6.58. The molecular weight excluding hydrogens is 386 g/mol. The molecule has 1 saturated heterocycles. The van der Waals surface area contributed by atoms with Crippen LogP contribution in [0.2, 0.25) is 5.15 Å². The number of hydrogen-bond donors (Lipinski definition) is 1. The first-order valence-electron chi connectivity index (χ1n) is 10.2. The summed E-state index contributed by atoms with van der Waals surface area (Å²) in [7, 11) is 1.87. The van der Waals surface area contributed by atoms with Crippen LogP contribution in [0.25, 0.3) is 11.4 Å². The van der Waals surface area contributed by atoms with E-state index in [2.05, 4.69) is 50.8 Å². The molecule has 0 saturated carbocycles. The molecule has 1 fully saturated rings. The number of likely N-dealkylation sites (tertiary alicyclic amines) is 1. The molecule has 154 valence electrons. The fraction of sp³-hybridized carbons (Fsp3) is 0.455. The number of piperidine rings is 1. The van der Waals surface area contributed by atoms with Crippen LogP contribution in [0, 0.1) is 12.8 Å². The van der Waals surface area contributed by atoms with E-state index in [1.165, 1.54) is 18.4 Å². The van der Waals surface area contributed by atoms with Gasteiger partial charge in [-0.2, -0.15) is 5.10 Å². The monoisotopic (exact) mass is 413 g/mol. The average Bonchev–Trinajstić information content (AvgIpc) is 3.27. The first kappa shape index (κ1) is 20.1. The molecule has 1 N–H and O–H groups in total. The van der Waals surface area contributed by atoms with E-state index >= 15 is 0 Å². The highest BCUT2D eigenvalue weighted by Gasteiger charge is 2.25. The standard InChI is InChI=1S/C22H28ClN5O/c1-16-11-20(26-29-16)21-19(22(23)27(2)25-21)15-28-10-6-9-18(14-28)13-24-12-17-7-4-3-5-8-17/h3-5,7-8,11,18,24H,6,9-10,12-15H2,1-2H3. The van der Waals surface area contributed by atoms with Crippen molar-refractivity contribution in [2.75, 3.05) is 19.6 Å². The highest BCUT2D eigenvalue weighted by Crippen LogP contribution is 2.30. The Morgan fingerprint density at radius 2 is 2.10 bits per heavy atom. The summed E-state index contributed by atoms with van der Waals surface area (Å²) >= 11 is 6.58. The van der Waals surface area contributed by atoms with E-state index in [-0.39, 0.29) is 0 Å². The maximum atomic E-state index is 6.58. The molecule has 6 nitrogen and oxygen atoms in total. The van der Waals surface area contributed by atoms with Gasteiger partial charge in [0.25, 0.3) is 0 Å². The molecule has 1 atom stereocenters. The molecule has 1 unspecified atom stereocenters. The summed E-state index contributed by atoms with van der Waals surface area (Å²) in [4.78, 5) is 2.48. The lowest BCUT2D eigenvalue weighted by Gasteiger charge is -2.33. The minimum atomic E-state index is 0.639. The fourth-order valence-electron chi connectivity index (χ4n) is 4.07. The predicted octanol–water partition coefficient (Wildman–Crippen LogP) is 4.04. The molecule has 0 amide bonds. The highest BCUT2D eigenvalue weighted by molar-refractivity contribution is 6.30. The second-order valence-electron chi connectivity index (χ2n) is 7.92. The van der Waals surface area contributed by atoms with Gasteiger partial charge in [0.2, 0.25) is 0 Å². The summed E-state index contributed by atoms with van der Waals surface area (Å²) in [5.74, 6) is 1.41. The van der Waals surface area contributed by atoms with Gasteiger partial charge in [0, 0.05) is 38.3 Å². The van der Waals surface area contributed by atoms with E-state index in [1.54, 1.807) is 4.68 Å². The van der Waals surface area contributed by atoms with Crippen molar-refractivity contribution in [2.24, 2.45) is 13.0 Å². The molecule has 0 aliphatic carbocycles. The van der Waals surface area contributed by atoms with Crippen LogP contribution in [-0.2, 0) is 20.1 Å². The summed E-state index contributed by atoms with van der Waals surface area (Å²) in [6, 6.07) is 12.5. The molecule has 29 heavy (non-hydrogen) atoms. The normalized spacial score (nSPS) is 17.7. The van der Waals surface area contributed by atoms with Gasteiger partial charge in [-0.25, -0.2) is 0 Å². The number of aromatic nitrogens is 3. The van der Waals surface area contributed by atoms with Crippen LogP contribution in [0.5, 0.6) is 0 Å². The summed E-state index contributed by atoms with van der Waals surface area (Å²) in [6.45, 7) is 6.76. The topological polar surface area (TPSA) is 59.1 Å². The molecule has 0 radical (unpaired) electrons. The van der Waals surface area contributed by atoms with Crippen LogP contribution < -0.4 is 5.32 Å². The molecule has 2 aromatic heterocycles. The average molecular weight is 414 g/mol. The molecule has 1 aliphatic rings. The molecule has 1 aromatic carbocycles. The molecule has 1 aliphatic heterocycles. The fourth-order valence-corrected chi connectivity index (χ4v) is 4.26. The number of benzene rings is 1. The number of aryl methyl sites for hydroxylation is 2. The number of nitrogens with zero attached hydrogens (tertiary/aromatic N) is 4. The van der Waals surface area contributed by atoms with Crippen molar-refractivity contribution < 1.29 is 4.52 Å². The number of rotatable bonds is 7. The van der Waals surface area contributed by atoms with Crippen LogP contribution in [0.15, 0.2) is 40.9 Å². The van der Waals surface area contributed by atoms with Gasteiger partial charge in [0.15, 0.2) is 0 Å². The summed E-state index contributed by atoms with van der Waals surface area (Å²) in [5.41, 5.74) is 3.92. The third-order valence-electron chi connectivity index (χ3n) is 5.53. The van der Waals surface area contributed by atoms with Gasteiger partial charge in [-0.1, -0.05) is 47.1 Å². The van der Waals surface area contributed by atoms with Gasteiger partial charge in [-0.15, -0.1) is 0 Å². The smallest absolute Gasteiger partial charge is 0.134 e. The van der Waals surface area contributed by atoms with Crippen molar-refractivity contribution in [2.45, 2.75) is 32.9 Å². The molecule has 0 spiro atoms. The Hall–Kier alpha value is -2.15. The SMILES string of the molecule is Cc1cc(-c2nn(C)c(Cl)c2CN2CCCC(CNCc3ccccc3)C2)no1. The van der Waals surface area contributed by atoms with Crippen LogP contribution in [0.1, 0.15) is 29.7 Å². The minimum absolute atomic E-state index is 0.639. The van der Waals surface area contributed by atoms with Crippen molar-refractivity contribution in [3.8, 4) is 11.4 Å². The van der Waals surface area contributed by atoms with Crippen molar-refractivity contribution in [1.82, 2.24) is 25.2 Å². The number of halogens is 1. The summed E-state index contributed by atoms with van der Waals surface area (Å²) < 4.78 is 6.97. The first-order valence-corrected chi connectivity index (χ1v) is 10.6. The van der Waals surface area contributed by atoms with Crippen LogP contribution in [-0.4, -0.2) is 39.5 Å². The largest absolute Gasteiger partial charge is 0.361 e. The molecule has 7 heteroatoms. The Bertz CT molecular complexity index is 936. The second kappa shape index (κ2) is 9.11. The van der Waals surface area contributed by atoms with E-state index in [0.717, 1.165) is 55.4 Å². The summed E-state index contributed by atoms with van der Waals surface area (Å²) in [6.07, 6.45) is 2.46. The lowest BCUT2D eigenvalue weighted by atomic mass is 9.97. The van der Waals surface area contributed by atoms with Crippen LogP contribution >= 0.6 is 11.6 Å². The molecular formula is C22H28ClN5O. The molecule has 3 aromatic rings. The zero-order valence-electron chi connectivity index (χ0n) is 17.1. The van der Waals surface area contributed by atoms with E-state index < -0.39 is 0 Å². The lowest BCUT2D eigenvalue weighted by molar-refractivity contribution is 0.165. The number of nitrogens with one attached hydrogen (secondary N) is 1. The second-order valence-corrected chi connectivity index (χ2v) is 8.28. The Kier molecular flexibility index (Phi) is 6.33. The zero-order valence-corrected chi connectivity index (χ0v) is 17.8. The minimum Gasteiger partial charge on any atom is -0.361 e. The van der Waals surface area contributed by atoms with Crippen LogP contribution in [0.3, 0.4) is 0 Å². The quantitative estimate of drug-likeness (QED) is 0.633. The Labute approximate surface area is 176 Å². The van der Waals surface area contributed by atoms with Gasteiger partial charge in [-0.3, -0.25) is 9.58 Å². The molecule has 0 bridgehead atoms. The van der Waals surface area contributed by atoms with Gasteiger partial charge in [0.1, 0.15) is 22.3 Å². The Morgan fingerprint density at radius 1 is 1.28 bits per heavy atom. The zero-order chi connectivity index (χ0) is 20.2. The van der Waals surface area contributed by atoms with Gasteiger partial charge < -0.3 is 9.84 Å². The maximum Gasteiger partial charge on any atom is 0.134 e. The Balaban J connectivity index is 1.38. The Morgan fingerprint density at radius 3 is 2.86 bits per heavy atom. The first-order chi connectivity index (χ1) is 14.1. The third kappa shape index (κ3) is 4.89. The van der Waals surface area contributed by atoms with E-state index in [9.17, 15) is 0 Å². The van der Waals surface area contributed by atoms with E-state index in [4.69, 9.17) is 16.1 Å². The molecule has 3 heterocycles. The van der Waals surface area contributed by atoms with Crippen LogP contribution in [0.4, 0.5) is 0 Å². The summed E-state index contributed by atoms with van der Waals surface area (Å²) in [5, 5.41) is 13.0. The van der Waals surface area contributed by atoms with Crippen molar-refractivity contribution in [3.63, 3.8) is 0 Å². The number of hydrogen-bond acceptors (Lipinski definition) is 5. The van der Waals surface area contributed by atoms with E-state index in [0.29, 0.717) is 11.1 Å². The van der Waals surface area contributed by atoms with Gasteiger partial charge in [0.05, 0.1) is 0 Å². The van der Waals surface area contributed by atoms with Gasteiger partial charge >= 0.3 is 0 Å². The highest BCUT2D eigenvalue weighted by atomic mass is 35.5. The van der Waals surface area contributed by atoms with E-state index in [1.807, 2.05) is 20.0 Å². The third-order valence-corrected chi connectivity index (χ3v) is 6.00. The van der Waals surface area contributed by atoms with Crippen molar-refractivity contribution >= 4 is 11.6 Å². The van der Waals surface area contributed by atoms with Crippen molar-refractivity contribution in [3.05, 3.63) is 58.4 Å².